The van der Waals surface area contributed by atoms with Crippen LogP contribution in [0.1, 0.15) is 98.7 Å². The van der Waals surface area contributed by atoms with Crippen LogP contribution in [0.25, 0.3) is 0 Å². The van der Waals surface area contributed by atoms with Crippen LogP contribution in [0.3, 0.4) is 0 Å². The number of halogens is 5. The molecule has 8 nitrogen and oxygen atoms in total. The lowest BCUT2D eigenvalue weighted by atomic mass is 9.65. The maximum Gasteiger partial charge on any atom is 0.433 e. The number of hydrogen-bond donors (Lipinski definition) is 1. The van der Waals surface area contributed by atoms with E-state index in [2.05, 4.69) is 10.1 Å². The lowest BCUT2D eigenvalue weighted by Crippen LogP contribution is -2.52. The third-order valence-electron chi connectivity index (χ3n) is 8.70. The van der Waals surface area contributed by atoms with Gasteiger partial charge in [-0.3, -0.25) is 24.0 Å². The van der Waals surface area contributed by atoms with Gasteiger partial charge in [0.2, 0.25) is 0 Å². The molecular weight excluding hydrogens is 584 g/mol. The summed E-state index contributed by atoms with van der Waals surface area (Å²) in [6.45, 7) is 7.20. The van der Waals surface area contributed by atoms with Crippen LogP contribution >= 0.6 is 23.2 Å². The van der Waals surface area contributed by atoms with Gasteiger partial charge in [0.25, 0.3) is 5.91 Å². The quantitative estimate of drug-likeness (QED) is 0.337. The van der Waals surface area contributed by atoms with Crippen LogP contribution in [0, 0.1) is 16.7 Å². The molecule has 0 atom stereocenters. The van der Waals surface area contributed by atoms with Gasteiger partial charge in [-0.2, -0.15) is 18.3 Å². The molecule has 2 aromatic rings. The summed E-state index contributed by atoms with van der Waals surface area (Å²) in [5, 5.41) is 13.5. The molecular formula is C28H33Cl2F3N4O4. The molecule has 1 amide bonds. The Morgan fingerprint density at radius 1 is 1.07 bits per heavy atom. The van der Waals surface area contributed by atoms with E-state index in [0.29, 0.717) is 12.8 Å². The summed E-state index contributed by atoms with van der Waals surface area (Å²) in [6.07, 6.45) is 0.175. The highest BCUT2D eigenvalue weighted by Gasteiger charge is 2.47. The van der Waals surface area contributed by atoms with E-state index in [-0.39, 0.29) is 52.6 Å². The van der Waals surface area contributed by atoms with E-state index in [4.69, 9.17) is 23.2 Å². The zero-order valence-electron chi connectivity index (χ0n) is 23.3. The maximum atomic E-state index is 14.5. The number of carboxylic acids is 1. The first kappa shape index (κ1) is 31.3. The van der Waals surface area contributed by atoms with Gasteiger partial charge in [-0.1, -0.05) is 44.0 Å². The van der Waals surface area contributed by atoms with Gasteiger partial charge in [0.1, 0.15) is 0 Å². The van der Waals surface area contributed by atoms with Crippen molar-refractivity contribution in [2.75, 3.05) is 6.54 Å². The minimum absolute atomic E-state index is 0.0227. The number of nitrogens with zero attached hydrogens (tertiary/aromatic N) is 4. The van der Waals surface area contributed by atoms with Crippen molar-refractivity contribution in [3.63, 3.8) is 0 Å². The smallest absolute Gasteiger partial charge is 0.433 e. The van der Waals surface area contributed by atoms with Gasteiger partial charge < -0.3 is 10.0 Å². The Labute approximate surface area is 246 Å². The fourth-order valence-electron chi connectivity index (χ4n) is 5.76. The van der Waals surface area contributed by atoms with Gasteiger partial charge in [0, 0.05) is 18.4 Å². The van der Waals surface area contributed by atoms with Gasteiger partial charge >= 0.3 is 12.1 Å². The van der Waals surface area contributed by atoms with Crippen LogP contribution in [-0.2, 0) is 11.0 Å². The molecule has 2 aromatic heterocycles. The van der Waals surface area contributed by atoms with Crippen LogP contribution in [-0.4, -0.2) is 55.0 Å². The highest BCUT2D eigenvalue weighted by molar-refractivity contribution is 6.39. The molecule has 4 rings (SSSR count). The van der Waals surface area contributed by atoms with Crippen LogP contribution in [0.15, 0.2) is 18.6 Å². The second-order valence-electron chi connectivity index (χ2n) is 12.5. The monoisotopic (exact) mass is 616 g/mol. The number of Topliss-reactive ketones (excluding diaryl/α,β-unsaturated/α-hetero) is 1. The Morgan fingerprint density at radius 3 is 2.12 bits per heavy atom. The Bertz CT molecular complexity index is 1320. The number of pyridine rings is 1. The first-order valence-corrected chi connectivity index (χ1v) is 14.2. The van der Waals surface area contributed by atoms with E-state index >= 15 is 0 Å². The summed E-state index contributed by atoms with van der Waals surface area (Å²) in [6, 6.07) is -1.19. The van der Waals surface area contributed by atoms with E-state index < -0.39 is 59.1 Å². The molecule has 224 valence electrons. The van der Waals surface area contributed by atoms with Crippen molar-refractivity contribution < 1.29 is 32.7 Å². The predicted molar refractivity (Wildman–Crippen MR) is 146 cm³/mol. The number of aromatic nitrogens is 3. The van der Waals surface area contributed by atoms with Gasteiger partial charge in [0.05, 0.1) is 45.4 Å². The van der Waals surface area contributed by atoms with Crippen molar-refractivity contribution in [3.05, 3.63) is 45.5 Å². The third-order valence-corrected chi connectivity index (χ3v) is 9.27. The average molecular weight is 617 g/mol. The molecule has 0 radical (unpaired) electrons. The van der Waals surface area contributed by atoms with E-state index in [1.54, 1.807) is 6.92 Å². The second kappa shape index (κ2) is 11.2. The largest absolute Gasteiger partial charge is 0.481 e. The fourth-order valence-corrected chi connectivity index (χ4v) is 6.33. The minimum Gasteiger partial charge on any atom is -0.481 e. The number of alkyl halides is 3. The van der Waals surface area contributed by atoms with Crippen molar-refractivity contribution in [1.82, 2.24) is 19.7 Å². The average Bonchev–Trinajstić information content (AvgIpc) is 3.27. The van der Waals surface area contributed by atoms with Crippen LogP contribution in [0.2, 0.25) is 10.0 Å². The molecule has 0 unspecified atom stereocenters. The molecule has 0 aliphatic heterocycles. The van der Waals surface area contributed by atoms with Crippen LogP contribution in [0.5, 0.6) is 0 Å². The summed E-state index contributed by atoms with van der Waals surface area (Å²) in [7, 11) is 0. The van der Waals surface area contributed by atoms with Crippen molar-refractivity contribution in [2.45, 2.75) is 84.5 Å². The number of carbonyl (C=O) groups excluding carboxylic acids is 2. The Morgan fingerprint density at radius 2 is 1.63 bits per heavy atom. The van der Waals surface area contributed by atoms with E-state index in [1.165, 1.54) is 17.3 Å². The first-order chi connectivity index (χ1) is 18.9. The van der Waals surface area contributed by atoms with E-state index in [0.717, 1.165) is 10.9 Å². The van der Waals surface area contributed by atoms with Crippen molar-refractivity contribution in [3.8, 4) is 0 Å². The molecule has 13 heteroatoms. The molecule has 0 saturated heterocycles. The molecule has 2 saturated carbocycles. The zero-order chi connectivity index (χ0) is 30.5. The van der Waals surface area contributed by atoms with E-state index in [1.807, 2.05) is 20.8 Å². The summed E-state index contributed by atoms with van der Waals surface area (Å²) in [5.74, 6) is -2.35. The predicted octanol–water partition coefficient (Wildman–Crippen LogP) is 6.96. The zero-order valence-corrected chi connectivity index (χ0v) is 24.8. The number of hydrogen-bond acceptors (Lipinski definition) is 5. The summed E-state index contributed by atoms with van der Waals surface area (Å²) < 4.78 is 44.4. The topological polar surface area (TPSA) is 105 Å². The third kappa shape index (κ3) is 6.26. The summed E-state index contributed by atoms with van der Waals surface area (Å²) >= 11 is 12.3. The molecule has 2 aliphatic rings. The highest BCUT2D eigenvalue weighted by Crippen LogP contribution is 2.46. The number of carboxylic acid groups (broad SMARTS) is 1. The van der Waals surface area contributed by atoms with Gasteiger partial charge in [-0.15, -0.1) is 0 Å². The van der Waals surface area contributed by atoms with Crippen LogP contribution in [0.4, 0.5) is 13.2 Å². The lowest BCUT2D eigenvalue weighted by Gasteiger charge is -2.48. The minimum atomic E-state index is -4.92. The number of ketones is 1. The van der Waals surface area contributed by atoms with Gasteiger partial charge in [-0.05, 0) is 56.8 Å². The first-order valence-electron chi connectivity index (χ1n) is 13.5. The normalized spacial score (nSPS) is 25.0. The molecule has 41 heavy (non-hydrogen) atoms. The number of aliphatic carboxylic acids is 1. The highest BCUT2D eigenvalue weighted by atomic mass is 35.5. The Balaban J connectivity index is 1.68. The molecule has 2 heterocycles. The summed E-state index contributed by atoms with van der Waals surface area (Å²) in [4.78, 5) is 43.9. The van der Waals surface area contributed by atoms with Crippen molar-refractivity contribution >= 4 is 40.9 Å². The number of carbonyl (C=O) groups is 3. The molecule has 0 bridgehead atoms. The maximum absolute atomic E-state index is 14.5. The van der Waals surface area contributed by atoms with Crippen molar-refractivity contribution in [1.29, 1.82) is 0 Å². The van der Waals surface area contributed by atoms with Gasteiger partial charge in [0.15, 0.2) is 11.5 Å². The molecule has 2 aliphatic carbocycles. The Kier molecular flexibility index (Phi) is 8.55. The van der Waals surface area contributed by atoms with Crippen LogP contribution < -0.4 is 0 Å². The molecule has 2 fully saturated rings. The second-order valence-corrected chi connectivity index (χ2v) is 13.3. The fraction of sp³-hybridized carbons (Fsp3) is 0.607. The molecule has 0 spiro atoms. The summed E-state index contributed by atoms with van der Waals surface area (Å²) in [5.41, 5.74) is -3.01. The molecule has 0 aromatic carbocycles. The SMILES string of the molecule is CC1(C(=O)O)CCC(n2ncc(C(=O)N(CC(=O)c3c(Cl)cncc3Cl)C3CC(C(C)(C)C)C3)c2C(F)(F)F)CC1. The number of amides is 1. The lowest BCUT2D eigenvalue weighted by molar-refractivity contribution is -0.152. The standard InChI is InChI=1S/C28H33Cl2F3N4O4/c1-26(2,3)15-9-17(10-15)36(14-21(38)22-19(29)12-34-13-20(22)30)24(39)18-11-35-37(23(18)28(31,32)33)16-5-7-27(4,8-6-16)25(40)41/h11-13,15-17H,5-10,14H2,1-4H3,(H,40,41). The van der Waals surface area contributed by atoms with Crippen molar-refractivity contribution in [2.24, 2.45) is 16.7 Å². The Hall–Kier alpha value is -2.66. The van der Waals surface area contributed by atoms with Gasteiger partial charge in [-0.25, -0.2) is 0 Å². The number of rotatable bonds is 7. The van der Waals surface area contributed by atoms with E-state index in [9.17, 15) is 32.7 Å². The molecule has 1 N–H and O–H groups in total.